The minimum atomic E-state index is -0.505. The predicted octanol–water partition coefficient (Wildman–Crippen LogP) is 3.03. The van der Waals surface area contributed by atoms with Gasteiger partial charge in [-0.3, -0.25) is 4.79 Å². The summed E-state index contributed by atoms with van der Waals surface area (Å²) in [4.78, 5) is 11.7. The highest BCUT2D eigenvalue weighted by Crippen LogP contribution is 2.32. The van der Waals surface area contributed by atoms with Gasteiger partial charge in [-0.2, -0.15) is 0 Å². The molecule has 0 unspecified atom stereocenters. The number of hydrogen-bond acceptors (Lipinski definition) is 3. The quantitative estimate of drug-likeness (QED) is 0.747. The van der Waals surface area contributed by atoms with Gasteiger partial charge in [-0.15, -0.1) is 0 Å². The van der Waals surface area contributed by atoms with E-state index in [1.165, 1.54) is 12.1 Å². The molecule has 1 amide bonds. The van der Waals surface area contributed by atoms with Crippen molar-refractivity contribution in [3.8, 4) is 5.75 Å². The average molecular weight is 345 g/mol. The number of amides is 1. The zero-order valence-corrected chi connectivity index (χ0v) is 13.7. The molecule has 0 saturated heterocycles. The van der Waals surface area contributed by atoms with E-state index in [2.05, 4.69) is 16.0 Å². The monoisotopic (exact) mass is 345 g/mol. The third kappa shape index (κ3) is 3.80. The standard InChI is InChI=1S/C17H16FN3O2S/c1-10-16(22)21-14-8-13(6-7-15(14)23-10)20-17(24)19-9-11-2-4-12(18)5-3-11/h2-8,10H,9H2,1H3,(H,21,22)(H2,19,20,24)/t10-/m0/s1. The summed E-state index contributed by atoms with van der Waals surface area (Å²) in [7, 11) is 0. The highest BCUT2D eigenvalue weighted by molar-refractivity contribution is 7.80. The summed E-state index contributed by atoms with van der Waals surface area (Å²) in [5, 5.41) is 9.29. The van der Waals surface area contributed by atoms with Gasteiger partial charge in [0.15, 0.2) is 11.2 Å². The van der Waals surface area contributed by atoms with Crippen molar-refractivity contribution in [1.82, 2.24) is 5.32 Å². The first-order valence-corrected chi connectivity index (χ1v) is 7.83. The summed E-state index contributed by atoms with van der Waals surface area (Å²) in [6, 6.07) is 11.5. The van der Waals surface area contributed by atoms with Gasteiger partial charge in [0.1, 0.15) is 11.6 Å². The van der Waals surface area contributed by atoms with Gasteiger partial charge < -0.3 is 20.7 Å². The maximum Gasteiger partial charge on any atom is 0.265 e. The second-order valence-corrected chi connectivity index (χ2v) is 5.80. The third-order valence-corrected chi connectivity index (χ3v) is 3.78. The van der Waals surface area contributed by atoms with Crippen molar-refractivity contribution in [3.05, 3.63) is 53.8 Å². The molecule has 0 saturated carbocycles. The van der Waals surface area contributed by atoms with Crippen LogP contribution in [0.1, 0.15) is 12.5 Å². The Morgan fingerprint density at radius 1 is 1.29 bits per heavy atom. The summed E-state index contributed by atoms with van der Waals surface area (Å²) < 4.78 is 18.4. The fourth-order valence-electron chi connectivity index (χ4n) is 2.25. The van der Waals surface area contributed by atoms with Gasteiger partial charge in [-0.05, 0) is 55.0 Å². The van der Waals surface area contributed by atoms with Crippen molar-refractivity contribution in [3.63, 3.8) is 0 Å². The van der Waals surface area contributed by atoms with Crippen LogP contribution in [-0.4, -0.2) is 17.1 Å². The lowest BCUT2D eigenvalue weighted by atomic mass is 10.2. The molecule has 1 heterocycles. The Balaban J connectivity index is 1.59. The Bertz CT molecular complexity index is 780. The minimum absolute atomic E-state index is 0.184. The van der Waals surface area contributed by atoms with Crippen molar-refractivity contribution in [2.45, 2.75) is 19.6 Å². The summed E-state index contributed by atoms with van der Waals surface area (Å²) in [5.74, 6) is 0.168. The fraction of sp³-hybridized carbons (Fsp3) is 0.176. The van der Waals surface area contributed by atoms with Crippen LogP contribution in [0.2, 0.25) is 0 Å². The Kier molecular flexibility index (Phi) is 4.61. The second-order valence-electron chi connectivity index (χ2n) is 5.39. The van der Waals surface area contributed by atoms with E-state index in [-0.39, 0.29) is 11.7 Å². The maximum absolute atomic E-state index is 12.9. The van der Waals surface area contributed by atoms with E-state index in [4.69, 9.17) is 17.0 Å². The Morgan fingerprint density at radius 2 is 2.04 bits per heavy atom. The Hall–Kier alpha value is -2.67. The molecule has 24 heavy (non-hydrogen) atoms. The summed E-state index contributed by atoms with van der Waals surface area (Å²) in [6.07, 6.45) is -0.505. The zero-order valence-electron chi connectivity index (χ0n) is 12.9. The van der Waals surface area contributed by atoms with E-state index in [0.29, 0.717) is 23.1 Å². The molecular weight excluding hydrogens is 329 g/mol. The predicted molar refractivity (Wildman–Crippen MR) is 94.6 cm³/mol. The largest absolute Gasteiger partial charge is 0.479 e. The molecule has 1 aliphatic rings. The molecule has 0 aliphatic carbocycles. The second kappa shape index (κ2) is 6.84. The molecular formula is C17H16FN3O2S. The van der Waals surface area contributed by atoms with Crippen LogP contribution < -0.4 is 20.7 Å². The zero-order chi connectivity index (χ0) is 17.1. The van der Waals surface area contributed by atoms with Gasteiger partial charge in [0.05, 0.1) is 5.69 Å². The number of fused-ring (bicyclic) bond motifs is 1. The molecule has 3 N–H and O–H groups in total. The number of rotatable bonds is 3. The molecule has 0 aromatic heterocycles. The van der Waals surface area contributed by atoms with Gasteiger partial charge >= 0.3 is 0 Å². The number of carbonyl (C=O) groups excluding carboxylic acids is 1. The lowest BCUT2D eigenvalue weighted by Crippen LogP contribution is -2.34. The van der Waals surface area contributed by atoms with E-state index >= 15 is 0 Å². The van der Waals surface area contributed by atoms with Gasteiger partial charge in [0.2, 0.25) is 0 Å². The van der Waals surface area contributed by atoms with Crippen molar-refractivity contribution in [1.29, 1.82) is 0 Å². The SMILES string of the molecule is C[C@@H]1Oc2ccc(NC(=S)NCc3ccc(F)cc3)cc2NC1=O. The van der Waals surface area contributed by atoms with Gasteiger partial charge in [-0.1, -0.05) is 12.1 Å². The molecule has 2 aromatic rings. The molecule has 1 aliphatic heterocycles. The normalized spacial score (nSPS) is 15.8. The topological polar surface area (TPSA) is 62.4 Å². The number of benzene rings is 2. The number of hydrogen-bond donors (Lipinski definition) is 3. The molecule has 3 rings (SSSR count). The first-order valence-electron chi connectivity index (χ1n) is 7.42. The van der Waals surface area contributed by atoms with Crippen molar-refractivity contribution in [2.75, 3.05) is 10.6 Å². The number of thiocarbonyl (C=S) groups is 1. The van der Waals surface area contributed by atoms with Crippen LogP contribution in [0.25, 0.3) is 0 Å². The fourth-order valence-corrected chi connectivity index (χ4v) is 2.44. The molecule has 7 heteroatoms. The van der Waals surface area contributed by atoms with Crippen LogP contribution in [0.15, 0.2) is 42.5 Å². The average Bonchev–Trinajstić information content (AvgIpc) is 2.56. The molecule has 124 valence electrons. The molecule has 1 atom stereocenters. The van der Waals surface area contributed by atoms with E-state index in [9.17, 15) is 9.18 Å². The number of carbonyl (C=O) groups is 1. The third-order valence-electron chi connectivity index (χ3n) is 3.53. The lowest BCUT2D eigenvalue weighted by molar-refractivity contribution is -0.122. The van der Waals surface area contributed by atoms with Gasteiger partial charge in [-0.25, -0.2) is 4.39 Å². The minimum Gasteiger partial charge on any atom is -0.479 e. The van der Waals surface area contributed by atoms with Crippen LogP contribution in [-0.2, 0) is 11.3 Å². The molecule has 0 spiro atoms. The molecule has 0 radical (unpaired) electrons. The van der Waals surface area contributed by atoms with Crippen LogP contribution in [0, 0.1) is 5.82 Å². The van der Waals surface area contributed by atoms with E-state index in [0.717, 1.165) is 11.3 Å². The van der Waals surface area contributed by atoms with Crippen LogP contribution >= 0.6 is 12.2 Å². The number of halogens is 1. The van der Waals surface area contributed by atoms with Crippen LogP contribution in [0.3, 0.4) is 0 Å². The number of anilines is 2. The molecule has 0 fully saturated rings. The number of nitrogens with one attached hydrogen (secondary N) is 3. The summed E-state index contributed by atoms with van der Waals surface area (Å²) in [5.41, 5.74) is 2.24. The maximum atomic E-state index is 12.9. The van der Waals surface area contributed by atoms with Crippen LogP contribution in [0.4, 0.5) is 15.8 Å². The molecule has 2 aromatic carbocycles. The lowest BCUT2D eigenvalue weighted by Gasteiger charge is -2.23. The van der Waals surface area contributed by atoms with Gasteiger partial charge in [0.25, 0.3) is 5.91 Å². The van der Waals surface area contributed by atoms with Crippen LogP contribution in [0.5, 0.6) is 5.75 Å². The Morgan fingerprint density at radius 3 is 2.79 bits per heavy atom. The number of ether oxygens (including phenoxy) is 1. The van der Waals surface area contributed by atoms with E-state index < -0.39 is 6.10 Å². The smallest absolute Gasteiger partial charge is 0.265 e. The first kappa shape index (κ1) is 16.2. The summed E-state index contributed by atoms with van der Waals surface area (Å²) >= 11 is 5.24. The highest BCUT2D eigenvalue weighted by Gasteiger charge is 2.23. The Labute approximate surface area is 144 Å². The van der Waals surface area contributed by atoms with E-state index in [1.807, 2.05) is 6.07 Å². The van der Waals surface area contributed by atoms with Crippen molar-refractivity contribution >= 4 is 34.6 Å². The molecule has 5 nitrogen and oxygen atoms in total. The van der Waals surface area contributed by atoms with E-state index in [1.54, 1.807) is 31.2 Å². The molecule has 0 bridgehead atoms. The van der Waals surface area contributed by atoms with Crippen molar-refractivity contribution in [2.24, 2.45) is 0 Å². The summed E-state index contributed by atoms with van der Waals surface area (Å²) in [6.45, 7) is 2.17. The van der Waals surface area contributed by atoms with Crippen molar-refractivity contribution < 1.29 is 13.9 Å². The first-order chi connectivity index (χ1) is 11.5. The highest BCUT2D eigenvalue weighted by atomic mass is 32.1. The van der Waals surface area contributed by atoms with Gasteiger partial charge in [0, 0.05) is 12.2 Å².